The molecule has 0 radical (unpaired) electrons. The van der Waals surface area contributed by atoms with E-state index < -0.39 is 54.0 Å². The minimum Gasteiger partial charge on any atom is -0.481 e. The third-order valence-corrected chi connectivity index (χ3v) is 7.67. The number of hydrogen-bond donors (Lipinski definition) is 8. The highest BCUT2D eigenvalue weighted by Crippen LogP contribution is 2.14. The number of carboxylic acid groups (broad SMARTS) is 3. The number of nitrogens with two attached hydrogens (primary N) is 2. The zero-order chi connectivity index (χ0) is 40.5. The molecule has 0 aliphatic rings. The fourth-order valence-electron chi connectivity index (χ4n) is 4.81. The van der Waals surface area contributed by atoms with E-state index in [0.29, 0.717) is 32.2 Å². The lowest BCUT2D eigenvalue weighted by Crippen LogP contribution is -2.57. The molecule has 0 saturated heterocycles. The maximum Gasteiger partial charge on any atom is 0.490 e. The lowest BCUT2D eigenvalue weighted by molar-refractivity contribution is -0.192. The van der Waals surface area contributed by atoms with Gasteiger partial charge in [-0.1, -0.05) is 97.8 Å². The van der Waals surface area contributed by atoms with Gasteiger partial charge in [0.15, 0.2) is 0 Å². The predicted octanol–water partition coefficient (Wildman–Crippen LogP) is 4.86. The number of alkyl halides is 3. The normalized spacial score (nSPS) is 12.6. The van der Waals surface area contributed by atoms with E-state index in [1.165, 1.54) is 64.2 Å². The highest BCUT2D eigenvalue weighted by atomic mass is 19.4. The molecular formula is C35H66F3N5O9. The fraction of sp³-hybridized carbons (Fsp3) is 0.829. The molecule has 0 aromatic rings. The second kappa shape index (κ2) is 33.4. The molecule has 0 rings (SSSR count). The van der Waals surface area contributed by atoms with Crippen molar-refractivity contribution in [1.29, 1.82) is 0 Å². The lowest BCUT2D eigenvalue weighted by Gasteiger charge is -2.26. The van der Waals surface area contributed by atoms with Gasteiger partial charge in [-0.25, -0.2) is 9.59 Å². The Morgan fingerprint density at radius 2 is 1.06 bits per heavy atom. The molecule has 0 aromatic carbocycles. The van der Waals surface area contributed by atoms with Crippen LogP contribution in [0.1, 0.15) is 143 Å². The maximum atomic E-state index is 13.2. The average molecular weight is 758 g/mol. The number of rotatable bonds is 27. The highest BCUT2D eigenvalue weighted by molar-refractivity contribution is 5.93. The topological polar surface area (TPSA) is 251 Å². The molecule has 0 aliphatic carbocycles. The first-order valence-electron chi connectivity index (χ1n) is 18.4. The summed E-state index contributed by atoms with van der Waals surface area (Å²) in [7, 11) is 0. The molecule has 0 aromatic heterocycles. The number of hydrogen-bond acceptors (Lipinski definition) is 8. The quantitative estimate of drug-likeness (QED) is 0.0525. The number of amides is 3. The van der Waals surface area contributed by atoms with Crippen molar-refractivity contribution in [3.8, 4) is 0 Å². The van der Waals surface area contributed by atoms with E-state index in [2.05, 4.69) is 22.9 Å². The van der Waals surface area contributed by atoms with Gasteiger partial charge in [0, 0.05) is 13.3 Å². The molecule has 17 heteroatoms. The van der Waals surface area contributed by atoms with E-state index in [0.717, 1.165) is 26.2 Å². The maximum absolute atomic E-state index is 13.2. The summed E-state index contributed by atoms with van der Waals surface area (Å²) in [5, 5.41) is 31.9. The summed E-state index contributed by atoms with van der Waals surface area (Å²) >= 11 is 0. The van der Waals surface area contributed by atoms with Crippen LogP contribution in [0, 0.1) is 5.92 Å². The van der Waals surface area contributed by atoms with Gasteiger partial charge >= 0.3 is 18.1 Å². The van der Waals surface area contributed by atoms with Crippen LogP contribution in [0.5, 0.6) is 0 Å². The van der Waals surface area contributed by atoms with Crippen molar-refractivity contribution in [2.45, 2.75) is 168 Å². The molecular weight excluding hydrogens is 691 g/mol. The van der Waals surface area contributed by atoms with Crippen molar-refractivity contribution >= 4 is 35.6 Å². The first-order chi connectivity index (χ1) is 24.3. The van der Waals surface area contributed by atoms with E-state index in [1.54, 1.807) is 13.8 Å². The Hall–Kier alpha value is -3.47. The zero-order valence-corrected chi connectivity index (χ0v) is 31.5. The van der Waals surface area contributed by atoms with E-state index in [9.17, 15) is 37.5 Å². The average Bonchev–Trinajstić information content (AvgIpc) is 3.04. The number of carbonyl (C=O) groups is 6. The van der Waals surface area contributed by atoms with Crippen LogP contribution < -0.4 is 27.4 Å². The number of carbonyl (C=O) groups excluding carboxylic acids is 3. The highest BCUT2D eigenvalue weighted by Gasteiger charge is 2.38. The van der Waals surface area contributed by atoms with Crippen molar-refractivity contribution in [3.05, 3.63) is 0 Å². The van der Waals surface area contributed by atoms with Gasteiger partial charge in [0.1, 0.15) is 18.1 Å². The summed E-state index contributed by atoms with van der Waals surface area (Å²) in [6.45, 7) is 7.44. The van der Waals surface area contributed by atoms with Gasteiger partial charge in [-0.15, -0.1) is 0 Å². The van der Waals surface area contributed by atoms with Gasteiger partial charge in [0.25, 0.3) is 5.97 Å². The summed E-state index contributed by atoms with van der Waals surface area (Å²) in [6.07, 6.45) is 13.1. The van der Waals surface area contributed by atoms with Gasteiger partial charge in [-0.3, -0.25) is 19.2 Å². The third-order valence-electron chi connectivity index (χ3n) is 7.67. The number of halogens is 3. The van der Waals surface area contributed by atoms with Crippen LogP contribution in [-0.4, -0.2) is 88.3 Å². The molecule has 3 unspecified atom stereocenters. The predicted molar refractivity (Wildman–Crippen MR) is 192 cm³/mol. The molecule has 0 bridgehead atoms. The van der Waals surface area contributed by atoms with Crippen molar-refractivity contribution < 1.29 is 57.3 Å². The summed E-state index contributed by atoms with van der Waals surface area (Å²) in [5.74, 6) is -6.29. The largest absolute Gasteiger partial charge is 0.490 e. The van der Waals surface area contributed by atoms with Crippen LogP contribution in [0.3, 0.4) is 0 Å². The van der Waals surface area contributed by atoms with Crippen molar-refractivity contribution in [2.75, 3.05) is 13.1 Å². The number of nitrogens with one attached hydrogen (secondary N) is 3. The Kier molecular flexibility index (Phi) is 33.9. The van der Waals surface area contributed by atoms with E-state index in [1.807, 2.05) is 0 Å². The Labute approximate surface area is 306 Å². The van der Waals surface area contributed by atoms with Crippen LogP contribution in [0.4, 0.5) is 13.2 Å². The van der Waals surface area contributed by atoms with E-state index in [-0.39, 0.29) is 24.8 Å². The fourth-order valence-corrected chi connectivity index (χ4v) is 4.81. The van der Waals surface area contributed by atoms with E-state index >= 15 is 0 Å². The van der Waals surface area contributed by atoms with E-state index in [4.69, 9.17) is 31.3 Å². The second-order valence-electron chi connectivity index (χ2n) is 12.9. The van der Waals surface area contributed by atoms with Gasteiger partial charge in [-0.2, -0.15) is 13.2 Å². The minimum absolute atomic E-state index is 0.0802. The van der Waals surface area contributed by atoms with Crippen LogP contribution in [0.25, 0.3) is 0 Å². The van der Waals surface area contributed by atoms with Gasteiger partial charge in [-0.05, 0) is 51.1 Å². The Morgan fingerprint density at radius 3 is 1.42 bits per heavy atom. The first kappa shape index (κ1) is 52.9. The lowest BCUT2D eigenvalue weighted by atomic mass is 10.0. The summed E-state index contributed by atoms with van der Waals surface area (Å²) in [5.41, 5.74) is 11.1. The molecule has 0 heterocycles. The monoisotopic (exact) mass is 757 g/mol. The van der Waals surface area contributed by atoms with Gasteiger partial charge in [0.05, 0.1) is 0 Å². The Morgan fingerprint density at radius 1 is 0.615 bits per heavy atom. The van der Waals surface area contributed by atoms with Crippen molar-refractivity contribution in [3.63, 3.8) is 0 Å². The molecule has 0 fully saturated rings. The first-order valence-corrected chi connectivity index (χ1v) is 18.4. The molecule has 0 spiro atoms. The standard InChI is InChI=1S/C31H61N5O5.C2HF3O2.C2H4O2/c1-4-5-6-7-8-9-10-11-12-13-14-15-16-20-27(37)34-25(19-17-18-22-32)29(38)36-28(24(2)3)30(39)35-26(21-23-33)31(40)41;3-2(4,5)1(6)7;1-2(3)4/h24-26,28H,4-23,32-33H2,1-3H3,(H,34,37)(H,35,39)(H,36,38)(H,40,41);(H,6,7);1H3,(H,3,4). The van der Waals surface area contributed by atoms with Crippen LogP contribution >= 0.6 is 0 Å². The van der Waals surface area contributed by atoms with Gasteiger partial charge in [0.2, 0.25) is 17.7 Å². The summed E-state index contributed by atoms with van der Waals surface area (Å²) < 4.78 is 31.7. The molecule has 3 amide bonds. The summed E-state index contributed by atoms with van der Waals surface area (Å²) in [6, 6.07) is -2.87. The Balaban J connectivity index is -0.00000188. The molecule has 10 N–H and O–H groups in total. The third kappa shape index (κ3) is 33.7. The SMILES string of the molecule is CC(=O)O.CCCCCCCCCCCCCCCC(=O)NC(CCCCN)C(=O)NC(C(=O)NC(CCN)C(=O)O)C(C)C.O=C(O)C(F)(F)F. The van der Waals surface area contributed by atoms with Gasteiger partial charge < -0.3 is 42.7 Å². The summed E-state index contributed by atoms with van der Waals surface area (Å²) in [4.78, 5) is 68.0. The molecule has 52 heavy (non-hydrogen) atoms. The van der Waals surface area contributed by atoms with Crippen molar-refractivity contribution in [1.82, 2.24) is 16.0 Å². The number of unbranched alkanes of at least 4 members (excludes halogenated alkanes) is 13. The van der Waals surface area contributed by atoms with Crippen LogP contribution in [0.15, 0.2) is 0 Å². The molecule has 0 aliphatic heterocycles. The zero-order valence-electron chi connectivity index (χ0n) is 31.5. The number of carboxylic acids is 3. The smallest absolute Gasteiger partial charge is 0.481 e. The minimum atomic E-state index is -5.08. The number of aliphatic carboxylic acids is 3. The molecule has 14 nitrogen and oxygen atoms in total. The molecule has 3 atom stereocenters. The second-order valence-corrected chi connectivity index (χ2v) is 12.9. The van der Waals surface area contributed by atoms with Crippen molar-refractivity contribution in [2.24, 2.45) is 17.4 Å². The molecule has 0 saturated carbocycles. The van der Waals surface area contributed by atoms with Crippen LogP contribution in [0.2, 0.25) is 0 Å². The Bertz CT molecular complexity index is 998. The molecule has 306 valence electrons. The van der Waals surface area contributed by atoms with Crippen LogP contribution in [-0.2, 0) is 28.8 Å².